The van der Waals surface area contributed by atoms with Crippen LogP contribution in [0.25, 0.3) is 55.2 Å². The molecule has 60 heavy (non-hydrogen) atoms. The van der Waals surface area contributed by atoms with Crippen LogP contribution in [0.15, 0.2) is 218 Å². The van der Waals surface area contributed by atoms with Crippen molar-refractivity contribution in [2.24, 2.45) is 0 Å². The van der Waals surface area contributed by atoms with Crippen LogP contribution in [0, 0.1) is 0 Å². The predicted molar refractivity (Wildman–Crippen MR) is 247 cm³/mol. The van der Waals surface area contributed by atoms with Crippen LogP contribution in [-0.2, 0) is 9.98 Å². The van der Waals surface area contributed by atoms with Gasteiger partial charge < -0.3 is 9.30 Å². The quantitative estimate of drug-likeness (QED) is 0.129. The molecule has 1 aliphatic carbocycles. The normalized spacial score (nSPS) is 13.3. The largest absolute Gasteiger partial charge is 0.457 e. The van der Waals surface area contributed by atoms with Gasteiger partial charge in [-0.1, -0.05) is 188 Å². The molecule has 0 bridgehead atoms. The van der Waals surface area contributed by atoms with E-state index in [1.54, 1.807) is 0 Å². The minimum atomic E-state index is -3.09. The zero-order valence-electron chi connectivity index (χ0n) is 32.5. The molecule has 3 nitrogen and oxygen atoms in total. The molecule has 0 atom stereocenters. The van der Waals surface area contributed by atoms with E-state index in [1.165, 1.54) is 22.3 Å². The summed E-state index contributed by atoms with van der Waals surface area (Å²) in [5.41, 5.74) is 11.7. The number of hydrogen-bond donors (Lipinski definition) is 0. The van der Waals surface area contributed by atoms with Crippen molar-refractivity contribution < 1.29 is 9.30 Å². The molecular formula is C56H36NO2P. The first-order valence-electron chi connectivity index (χ1n) is 20.4. The highest BCUT2D eigenvalue weighted by Gasteiger charge is 2.51. The second-order valence-corrected chi connectivity index (χ2v) is 18.5. The van der Waals surface area contributed by atoms with E-state index in [9.17, 15) is 0 Å². The Kier molecular flexibility index (Phi) is 7.73. The Bertz CT molecular complexity index is 3290. The van der Waals surface area contributed by atoms with Gasteiger partial charge in [-0.2, -0.15) is 0 Å². The van der Waals surface area contributed by atoms with Crippen LogP contribution in [0.5, 0.6) is 11.5 Å². The van der Waals surface area contributed by atoms with Crippen LogP contribution in [0.3, 0.4) is 0 Å². The maximum Gasteiger partial charge on any atom is 0.171 e. The predicted octanol–water partition coefficient (Wildman–Crippen LogP) is 12.8. The van der Waals surface area contributed by atoms with Gasteiger partial charge in [0.15, 0.2) is 7.14 Å². The lowest BCUT2D eigenvalue weighted by atomic mass is 9.65. The van der Waals surface area contributed by atoms with Crippen molar-refractivity contribution in [3.05, 3.63) is 241 Å². The summed E-state index contributed by atoms with van der Waals surface area (Å²) in [7, 11) is -3.09. The standard InChI is InChI=1S/C56H36NO2P/c58-60(40-18-3-1-4-19-40,41-20-5-2-6-21-41)42-32-30-37(31-33-42)38-16-15-17-39(34-38)55-47-36-54-51(35-46(47)45-24-9-13-28-52(45)57-55)56(50-27-12-14-29-53(50)59-54)48-25-10-7-22-43(48)44-23-8-11-26-49(44)56/h1-36H. The van der Waals surface area contributed by atoms with Gasteiger partial charge in [-0.3, -0.25) is 0 Å². The molecule has 0 fully saturated rings. The minimum absolute atomic E-state index is 0.562. The van der Waals surface area contributed by atoms with Crippen LogP contribution in [0.2, 0.25) is 0 Å². The van der Waals surface area contributed by atoms with Gasteiger partial charge in [-0.15, -0.1) is 0 Å². The first kappa shape index (κ1) is 34.7. The highest BCUT2D eigenvalue weighted by atomic mass is 31.2. The molecule has 10 aromatic rings. The fourth-order valence-corrected chi connectivity index (χ4v) is 12.6. The number of para-hydroxylation sites is 2. The Balaban J connectivity index is 1.04. The fourth-order valence-electron chi connectivity index (χ4n) is 9.95. The second kappa shape index (κ2) is 13.4. The first-order chi connectivity index (χ1) is 29.6. The van der Waals surface area contributed by atoms with Crippen LogP contribution < -0.4 is 20.7 Å². The number of hydrogen-bond acceptors (Lipinski definition) is 3. The molecule has 0 unspecified atom stereocenters. The third-order valence-electron chi connectivity index (χ3n) is 12.6. The average molecular weight is 786 g/mol. The van der Waals surface area contributed by atoms with Crippen molar-refractivity contribution in [2.75, 3.05) is 0 Å². The summed E-state index contributed by atoms with van der Waals surface area (Å²) in [6.07, 6.45) is 0. The Morgan fingerprint density at radius 1 is 0.383 bits per heavy atom. The van der Waals surface area contributed by atoms with Crippen LogP contribution in [0.4, 0.5) is 0 Å². The van der Waals surface area contributed by atoms with Crippen molar-refractivity contribution in [3.63, 3.8) is 0 Å². The van der Waals surface area contributed by atoms with Gasteiger partial charge in [0.05, 0.1) is 16.6 Å². The van der Waals surface area contributed by atoms with Gasteiger partial charge in [-0.25, -0.2) is 4.98 Å². The highest BCUT2D eigenvalue weighted by molar-refractivity contribution is 7.85. The van der Waals surface area contributed by atoms with Gasteiger partial charge in [0.2, 0.25) is 0 Å². The van der Waals surface area contributed by atoms with Crippen LogP contribution in [-0.4, -0.2) is 4.98 Å². The van der Waals surface area contributed by atoms with Crippen molar-refractivity contribution in [1.29, 1.82) is 0 Å². The number of aromatic nitrogens is 1. The molecule has 0 saturated heterocycles. The summed E-state index contributed by atoms with van der Waals surface area (Å²) in [6, 6.07) is 75.8. The van der Waals surface area contributed by atoms with E-state index in [-0.39, 0.29) is 0 Å². The van der Waals surface area contributed by atoms with Crippen molar-refractivity contribution in [3.8, 4) is 45.0 Å². The molecule has 0 radical (unpaired) electrons. The molecule has 12 rings (SSSR count). The monoisotopic (exact) mass is 785 g/mol. The van der Waals surface area contributed by atoms with E-state index in [0.717, 1.165) is 82.6 Å². The maximum atomic E-state index is 15.1. The van der Waals surface area contributed by atoms with E-state index >= 15 is 4.57 Å². The van der Waals surface area contributed by atoms with E-state index in [1.807, 2.05) is 72.8 Å². The number of fused-ring (bicyclic) bond motifs is 12. The van der Waals surface area contributed by atoms with Crippen LogP contribution in [0.1, 0.15) is 22.3 Å². The molecule has 4 heteroatoms. The molecule has 1 aromatic heterocycles. The molecule has 9 aromatic carbocycles. The van der Waals surface area contributed by atoms with E-state index in [4.69, 9.17) is 9.72 Å². The molecule has 2 aliphatic rings. The molecule has 0 amide bonds. The third kappa shape index (κ3) is 4.97. The van der Waals surface area contributed by atoms with Crippen molar-refractivity contribution >= 4 is 44.7 Å². The lowest BCUT2D eigenvalue weighted by Gasteiger charge is -2.39. The van der Waals surface area contributed by atoms with E-state index in [2.05, 4.69) is 146 Å². The van der Waals surface area contributed by atoms with Gasteiger partial charge >= 0.3 is 0 Å². The number of benzene rings is 9. The number of ether oxygens (including phenoxy) is 1. The summed E-state index contributed by atoms with van der Waals surface area (Å²) < 4.78 is 22.0. The van der Waals surface area contributed by atoms with Gasteiger partial charge in [0.1, 0.15) is 11.5 Å². The lowest BCUT2D eigenvalue weighted by molar-refractivity contribution is 0.437. The summed E-state index contributed by atoms with van der Waals surface area (Å²) in [6.45, 7) is 0. The van der Waals surface area contributed by atoms with E-state index in [0.29, 0.717) is 0 Å². The summed E-state index contributed by atoms with van der Waals surface area (Å²) in [4.78, 5) is 5.38. The van der Waals surface area contributed by atoms with Gasteiger partial charge in [0, 0.05) is 43.4 Å². The SMILES string of the molecule is O=P(c1ccccc1)(c1ccccc1)c1ccc(-c2cccc(-c3nc4ccccc4c4cc5c(cc34)Oc3ccccc3C53c4ccccc4-c4ccccc43)c2)cc1. The minimum Gasteiger partial charge on any atom is -0.457 e. The molecule has 2 heterocycles. The van der Waals surface area contributed by atoms with Gasteiger partial charge in [0.25, 0.3) is 0 Å². The number of pyridine rings is 1. The molecular weight excluding hydrogens is 750 g/mol. The topological polar surface area (TPSA) is 39.2 Å². The Morgan fingerprint density at radius 3 is 1.65 bits per heavy atom. The molecule has 0 saturated carbocycles. The molecule has 0 N–H and O–H groups in total. The molecule has 282 valence electrons. The maximum absolute atomic E-state index is 15.1. The molecule has 1 aliphatic heterocycles. The summed E-state index contributed by atoms with van der Waals surface area (Å²) in [5, 5.41) is 5.70. The van der Waals surface area contributed by atoms with E-state index < -0.39 is 12.6 Å². The fraction of sp³-hybridized carbons (Fsp3) is 0.0179. The number of nitrogens with zero attached hydrogens (tertiary/aromatic N) is 1. The highest BCUT2D eigenvalue weighted by Crippen LogP contribution is 2.62. The second-order valence-electron chi connectivity index (χ2n) is 15.7. The average Bonchev–Trinajstić information content (AvgIpc) is 3.62. The smallest absolute Gasteiger partial charge is 0.171 e. The zero-order chi connectivity index (χ0) is 39.8. The van der Waals surface area contributed by atoms with Gasteiger partial charge in [-0.05, 0) is 69.1 Å². The summed E-state index contributed by atoms with van der Waals surface area (Å²) >= 11 is 0. The number of rotatable bonds is 5. The zero-order valence-corrected chi connectivity index (χ0v) is 33.4. The van der Waals surface area contributed by atoms with Crippen molar-refractivity contribution in [2.45, 2.75) is 5.41 Å². The van der Waals surface area contributed by atoms with Crippen molar-refractivity contribution in [1.82, 2.24) is 4.98 Å². The lowest BCUT2D eigenvalue weighted by Crippen LogP contribution is -2.32. The summed E-state index contributed by atoms with van der Waals surface area (Å²) in [5.74, 6) is 1.69. The molecule has 1 spiro atoms. The van der Waals surface area contributed by atoms with Crippen LogP contribution >= 0.6 is 7.14 Å². The Hall–Kier alpha value is -7.32. The Morgan fingerprint density at radius 2 is 0.950 bits per heavy atom. The Labute approximate surface area is 348 Å². The first-order valence-corrected chi connectivity index (χ1v) is 22.1. The third-order valence-corrected chi connectivity index (χ3v) is 15.7.